The fourth-order valence-corrected chi connectivity index (χ4v) is 2.28. The van der Waals surface area contributed by atoms with Crippen molar-refractivity contribution in [3.05, 3.63) is 18.2 Å². The Morgan fingerprint density at radius 2 is 2.25 bits per heavy atom. The van der Waals surface area contributed by atoms with Crippen LogP contribution in [0.4, 0.5) is 11.6 Å². The van der Waals surface area contributed by atoms with Crippen LogP contribution in [0.15, 0.2) is 18.2 Å². The van der Waals surface area contributed by atoms with Gasteiger partial charge in [-0.1, -0.05) is 18.9 Å². The molecule has 4 nitrogen and oxygen atoms in total. The predicted octanol–water partition coefficient (Wildman–Crippen LogP) is 2.14. The minimum atomic E-state index is 0.572. The molecule has 3 N–H and O–H groups in total. The average Bonchev–Trinajstić information content (AvgIpc) is 2.54. The summed E-state index contributed by atoms with van der Waals surface area (Å²) in [6, 6.07) is 6.51. The zero-order valence-corrected chi connectivity index (χ0v) is 9.82. The maximum absolute atomic E-state index is 5.38. The number of pyridine rings is 1. The minimum absolute atomic E-state index is 0.572. The molecule has 1 aromatic rings. The van der Waals surface area contributed by atoms with Gasteiger partial charge in [0.05, 0.1) is 0 Å². The number of hydrogen-bond acceptors (Lipinski definition) is 4. The standard InChI is InChI=1S/C12H20N4/c1-10-6-3-2-4-9-16(10)12-8-5-7-11(14-12)15-13/h5,7-8,10H,2-4,6,9,13H2,1H3,(H,14,15). The maximum atomic E-state index is 5.38. The topological polar surface area (TPSA) is 54.2 Å². The quantitative estimate of drug-likeness (QED) is 0.592. The van der Waals surface area contributed by atoms with Gasteiger partial charge in [0, 0.05) is 12.6 Å². The molecule has 88 valence electrons. The maximum Gasteiger partial charge on any atom is 0.142 e. The van der Waals surface area contributed by atoms with E-state index in [1.807, 2.05) is 12.1 Å². The van der Waals surface area contributed by atoms with Crippen molar-refractivity contribution >= 4 is 11.6 Å². The van der Waals surface area contributed by atoms with E-state index in [1.165, 1.54) is 25.7 Å². The van der Waals surface area contributed by atoms with E-state index < -0.39 is 0 Å². The fraction of sp³-hybridized carbons (Fsp3) is 0.583. The molecule has 0 bridgehead atoms. The van der Waals surface area contributed by atoms with Gasteiger partial charge in [-0.25, -0.2) is 10.8 Å². The van der Waals surface area contributed by atoms with Gasteiger partial charge in [-0.2, -0.15) is 0 Å². The molecule has 1 saturated heterocycles. The molecule has 0 radical (unpaired) electrons. The molecule has 1 aliphatic rings. The van der Waals surface area contributed by atoms with Crippen molar-refractivity contribution in [1.29, 1.82) is 0 Å². The van der Waals surface area contributed by atoms with Gasteiger partial charge >= 0.3 is 0 Å². The van der Waals surface area contributed by atoms with Gasteiger partial charge < -0.3 is 10.3 Å². The SMILES string of the molecule is CC1CCCCCN1c1cccc(NN)n1. The number of nitrogens with two attached hydrogens (primary N) is 1. The lowest BCUT2D eigenvalue weighted by Crippen LogP contribution is -2.33. The lowest BCUT2D eigenvalue weighted by Gasteiger charge is -2.28. The molecule has 0 aliphatic carbocycles. The molecule has 2 rings (SSSR count). The summed E-state index contributed by atoms with van der Waals surface area (Å²) in [4.78, 5) is 6.88. The Labute approximate surface area is 96.8 Å². The minimum Gasteiger partial charge on any atom is -0.354 e. The first-order valence-corrected chi connectivity index (χ1v) is 6.01. The van der Waals surface area contributed by atoms with Gasteiger partial charge in [0.15, 0.2) is 0 Å². The van der Waals surface area contributed by atoms with Crippen LogP contribution in [0.5, 0.6) is 0 Å². The van der Waals surface area contributed by atoms with Crippen LogP contribution < -0.4 is 16.2 Å². The molecule has 2 heterocycles. The Hall–Kier alpha value is -1.29. The highest BCUT2D eigenvalue weighted by atomic mass is 15.3. The highest BCUT2D eigenvalue weighted by molar-refractivity contribution is 5.47. The van der Waals surface area contributed by atoms with E-state index in [9.17, 15) is 0 Å². The van der Waals surface area contributed by atoms with E-state index >= 15 is 0 Å². The molecule has 4 heteroatoms. The van der Waals surface area contributed by atoms with Crippen LogP contribution in [-0.4, -0.2) is 17.6 Å². The molecule has 1 atom stereocenters. The smallest absolute Gasteiger partial charge is 0.142 e. The predicted molar refractivity (Wildman–Crippen MR) is 67.3 cm³/mol. The number of aromatic nitrogens is 1. The van der Waals surface area contributed by atoms with E-state index in [0.29, 0.717) is 6.04 Å². The number of rotatable bonds is 2. The molecule has 16 heavy (non-hydrogen) atoms. The van der Waals surface area contributed by atoms with Crippen LogP contribution in [0.3, 0.4) is 0 Å². The average molecular weight is 220 g/mol. The summed E-state index contributed by atoms with van der Waals surface area (Å²) in [5.41, 5.74) is 2.60. The van der Waals surface area contributed by atoms with Gasteiger partial charge in [-0.15, -0.1) is 0 Å². The molecule has 1 unspecified atom stereocenters. The molecule has 0 amide bonds. The number of nitrogens with one attached hydrogen (secondary N) is 1. The van der Waals surface area contributed by atoms with Gasteiger partial charge in [0.2, 0.25) is 0 Å². The van der Waals surface area contributed by atoms with E-state index in [-0.39, 0.29) is 0 Å². The summed E-state index contributed by atoms with van der Waals surface area (Å²) in [6.45, 7) is 3.37. The molecular weight excluding hydrogens is 200 g/mol. The van der Waals surface area contributed by atoms with E-state index in [4.69, 9.17) is 5.84 Å². The second-order valence-electron chi connectivity index (χ2n) is 4.42. The number of hydrazine groups is 1. The number of hydrogen-bond donors (Lipinski definition) is 2. The third-order valence-corrected chi connectivity index (χ3v) is 3.23. The monoisotopic (exact) mass is 220 g/mol. The van der Waals surface area contributed by atoms with Gasteiger partial charge in [-0.3, -0.25) is 0 Å². The summed E-state index contributed by atoms with van der Waals surface area (Å²) in [5.74, 6) is 7.15. The van der Waals surface area contributed by atoms with Crippen molar-refractivity contribution in [2.75, 3.05) is 16.9 Å². The van der Waals surface area contributed by atoms with Gasteiger partial charge in [-0.05, 0) is 31.9 Å². The molecule has 0 spiro atoms. The Kier molecular flexibility index (Phi) is 3.62. The zero-order chi connectivity index (χ0) is 11.4. The van der Waals surface area contributed by atoms with Crippen molar-refractivity contribution in [3.8, 4) is 0 Å². The van der Waals surface area contributed by atoms with E-state index in [1.54, 1.807) is 0 Å². The molecular formula is C12H20N4. The first-order chi connectivity index (χ1) is 7.81. The molecule has 1 aromatic heterocycles. The third kappa shape index (κ3) is 2.44. The van der Waals surface area contributed by atoms with Gasteiger partial charge in [0.25, 0.3) is 0 Å². The Morgan fingerprint density at radius 1 is 1.38 bits per heavy atom. The lowest BCUT2D eigenvalue weighted by molar-refractivity contribution is 0.611. The number of anilines is 2. The molecule has 0 aromatic carbocycles. The first kappa shape index (κ1) is 11.2. The largest absolute Gasteiger partial charge is 0.354 e. The van der Waals surface area contributed by atoms with Crippen LogP contribution in [0, 0.1) is 0 Å². The number of nitrogens with zero attached hydrogens (tertiary/aromatic N) is 2. The second kappa shape index (κ2) is 5.16. The van der Waals surface area contributed by atoms with Crippen molar-refractivity contribution in [2.24, 2.45) is 5.84 Å². The van der Waals surface area contributed by atoms with Crippen LogP contribution in [-0.2, 0) is 0 Å². The van der Waals surface area contributed by atoms with E-state index in [0.717, 1.165) is 18.2 Å². The highest BCUT2D eigenvalue weighted by Crippen LogP contribution is 2.23. The van der Waals surface area contributed by atoms with Crippen molar-refractivity contribution in [3.63, 3.8) is 0 Å². The summed E-state index contributed by atoms with van der Waals surface area (Å²) in [5, 5.41) is 0. The Bertz CT molecular complexity index is 340. The third-order valence-electron chi connectivity index (χ3n) is 3.23. The summed E-state index contributed by atoms with van der Waals surface area (Å²) < 4.78 is 0. The number of nitrogen functional groups attached to an aromatic ring is 1. The van der Waals surface area contributed by atoms with Crippen molar-refractivity contribution < 1.29 is 0 Å². The van der Waals surface area contributed by atoms with Crippen LogP contribution in [0.2, 0.25) is 0 Å². The summed E-state index contributed by atoms with van der Waals surface area (Å²) in [7, 11) is 0. The lowest BCUT2D eigenvalue weighted by atomic mass is 10.1. The summed E-state index contributed by atoms with van der Waals surface area (Å²) in [6.07, 6.45) is 5.16. The van der Waals surface area contributed by atoms with Crippen molar-refractivity contribution in [1.82, 2.24) is 4.98 Å². The first-order valence-electron chi connectivity index (χ1n) is 6.01. The van der Waals surface area contributed by atoms with Crippen molar-refractivity contribution in [2.45, 2.75) is 38.6 Å². The second-order valence-corrected chi connectivity index (χ2v) is 4.42. The zero-order valence-electron chi connectivity index (χ0n) is 9.82. The van der Waals surface area contributed by atoms with Crippen LogP contribution in [0.25, 0.3) is 0 Å². The van der Waals surface area contributed by atoms with Gasteiger partial charge in [0.1, 0.15) is 11.6 Å². The molecule has 0 saturated carbocycles. The normalized spacial score (nSPS) is 21.6. The van der Waals surface area contributed by atoms with Crippen LogP contribution >= 0.6 is 0 Å². The fourth-order valence-electron chi connectivity index (χ4n) is 2.28. The molecule has 1 aliphatic heterocycles. The summed E-state index contributed by atoms with van der Waals surface area (Å²) >= 11 is 0. The highest BCUT2D eigenvalue weighted by Gasteiger charge is 2.18. The molecule has 1 fully saturated rings. The Balaban J connectivity index is 2.19. The van der Waals surface area contributed by atoms with E-state index in [2.05, 4.69) is 28.3 Å². The van der Waals surface area contributed by atoms with Crippen LogP contribution in [0.1, 0.15) is 32.6 Å². The Morgan fingerprint density at radius 3 is 3.06 bits per heavy atom.